The van der Waals surface area contributed by atoms with Crippen molar-refractivity contribution < 1.29 is 0 Å². The summed E-state index contributed by atoms with van der Waals surface area (Å²) >= 11 is 1.89. The molecule has 0 fully saturated rings. The Hall–Kier alpha value is -1.21. The highest BCUT2D eigenvalue weighted by Crippen LogP contribution is 2.25. The summed E-state index contributed by atoms with van der Waals surface area (Å²) in [6.45, 7) is 4.30. The van der Waals surface area contributed by atoms with Gasteiger partial charge in [-0.15, -0.1) is 11.8 Å². The number of hydrogen-bond donors (Lipinski definition) is 0. The second-order valence-corrected chi connectivity index (χ2v) is 5.16. The van der Waals surface area contributed by atoms with Crippen LogP contribution in [0.2, 0.25) is 0 Å². The molecule has 0 aliphatic rings. The molecule has 1 heteroatoms. The van der Waals surface area contributed by atoms with Gasteiger partial charge in [0.15, 0.2) is 0 Å². The predicted octanol–water partition coefficient (Wildman–Crippen LogP) is 4.77. The zero-order valence-corrected chi connectivity index (χ0v) is 10.6. The highest BCUT2D eigenvalue weighted by molar-refractivity contribution is 7.99. The highest BCUT2D eigenvalue weighted by atomic mass is 32.2. The fourth-order valence-electron chi connectivity index (χ4n) is 1.68. The molecule has 16 heavy (non-hydrogen) atoms. The molecule has 2 aromatic rings. The lowest BCUT2D eigenvalue weighted by Crippen LogP contribution is -1.80. The van der Waals surface area contributed by atoms with Gasteiger partial charge in [-0.1, -0.05) is 48.9 Å². The smallest absolute Gasteiger partial charge is 0.00780 e. The molecule has 0 aromatic heterocycles. The average Bonchev–Trinajstić information content (AvgIpc) is 2.31. The highest BCUT2D eigenvalue weighted by Gasteiger charge is 1.98. The first-order chi connectivity index (χ1) is 7.79. The number of rotatable bonds is 3. The van der Waals surface area contributed by atoms with Crippen LogP contribution >= 0.6 is 11.8 Å². The van der Waals surface area contributed by atoms with E-state index in [1.54, 1.807) is 0 Å². The van der Waals surface area contributed by atoms with Crippen molar-refractivity contribution in [1.82, 2.24) is 0 Å². The third-order valence-electron chi connectivity index (χ3n) is 2.53. The van der Waals surface area contributed by atoms with Gasteiger partial charge in [0.2, 0.25) is 0 Å². The average molecular weight is 228 g/mol. The number of thioether (sulfide) groups is 1. The second kappa shape index (κ2) is 5.22. The van der Waals surface area contributed by atoms with E-state index in [1.807, 2.05) is 11.8 Å². The fourth-order valence-corrected chi connectivity index (χ4v) is 2.40. The predicted molar refractivity (Wildman–Crippen MR) is 73.0 cm³/mol. The van der Waals surface area contributed by atoms with Crippen molar-refractivity contribution in [2.24, 2.45) is 0 Å². The summed E-state index contributed by atoms with van der Waals surface area (Å²) in [6, 6.07) is 17.4. The third-order valence-corrected chi connectivity index (χ3v) is 3.41. The zero-order valence-electron chi connectivity index (χ0n) is 9.73. The summed E-state index contributed by atoms with van der Waals surface area (Å²) in [5, 5.41) is 0. The normalized spacial score (nSPS) is 10.4. The summed E-state index contributed by atoms with van der Waals surface area (Å²) in [4.78, 5) is 1.35. The Kier molecular flexibility index (Phi) is 3.68. The Morgan fingerprint density at radius 1 is 0.938 bits per heavy atom. The lowest BCUT2D eigenvalue weighted by Gasteiger charge is -2.04. The van der Waals surface area contributed by atoms with E-state index in [0.29, 0.717) is 0 Å². The van der Waals surface area contributed by atoms with Crippen molar-refractivity contribution >= 4 is 11.8 Å². The number of benzene rings is 2. The largest absolute Gasteiger partial charge is 0.126 e. The molecule has 0 saturated heterocycles. The second-order valence-electron chi connectivity index (χ2n) is 3.83. The van der Waals surface area contributed by atoms with Crippen LogP contribution in [0.1, 0.15) is 12.5 Å². The number of aryl methyl sites for hydroxylation is 1. The Morgan fingerprint density at radius 3 is 2.38 bits per heavy atom. The molecule has 0 nitrogen and oxygen atoms in total. The van der Waals surface area contributed by atoms with Crippen LogP contribution < -0.4 is 0 Å². The van der Waals surface area contributed by atoms with Crippen molar-refractivity contribution in [3.63, 3.8) is 0 Å². The Bertz CT molecular complexity index is 457. The van der Waals surface area contributed by atoms with Gasteiger partial charge in [-0.2, -0.15) is 0 Å². The van der Waals surface area contributed by atoms with Crippen molar-refractivity contribution in [3.05, 3.63) is 54.1 Å². The Morgan fingerprint density at radius 2 is 1.69 bits per heavy atom. The van der Waals surface area contributed by atoms with E-state index < -0.39 is 0 Å². The maximum atomic E-state index is 2.26. The van der Waals surface area contributed by atoms with Crippen LogP contribution in [0.3, 0.4) is 0 Å². The SMILES string of the molecule is CCSc1cccc(-c2ccc(C)cc2)c1. The minimum atomic E-state index is 1.12. The molecule has 82 valence electrons. The Balaban J connectivity index is 2.32. The van der Waals surface area contributed by atoms with E-state index >= 15 is 0 Å². The van der Waals surface area contributed by atoms with E-state index in [1.165, 1.54) is 21.6 Å². The molecule has 0 radical (unpaired) electrons. The summed E-state index contributed by atoms with van der Waals surface area (Å²) in [5.41, 5.74) is 3.91. The van der Waals surface area contributed by atoms with Crippen LogP contribution in [0.15, 0.2) is 53.4 Å². The van der Waals surface area contributed by atoms with Gasteiger partial charge in [0, 0.05) is 4.90 Å². The van der Waals surface area contributed by atoms with Gasteiger partial charge in [0.1, 0.15) is 0 Å². The molecule has 0 bridgehead atoms. The van der Waals surface area contributed by atoms with Crippen LogP contribution in [0, 0.1) is 6.92 Å². The lowest BCUT2D eigenvalue weighted by atomic mass is 10.0. The molecule has 0 saturated carbocycles. The quantitative estimate of drug-likeness (QED) is 0.682. The van der Waals surface area contributed by atoms with Crippen molar-refractivity contribution in [1.29, 1.82) is 0 Å². The molecule has 0 amide bonds. The molecule has 0 heterocycles. The first-order valence-corrected chi connectivity index (χ1v) is 6.58. The molecule has 2 rings (SSSR count). The standard InChI is InChI=1S/C15H16S/c1-3-16-15-6-4-5-14(11-15)13-9-7-12(2)8-10-13/h4-11H,3H2,1-2H3. The van der Waals surface area contributed by atoms with E-state index in [-0.39, 0.29) is 0 Å². The van der Waals surface area contributed by atoms with Crippen LogP contribution in [-0.4, -0.2) is 5.75 Å². The zero-order chi connectivity index (χ0) is 11.4. The third kappa shape index (κ3) is 2.67. The lowest BCUT2D eigenvalue weighted by molar-refractivity contribution is 1.41. The molecule has 0 N–H and O–H groups in total. The van der Waals surface area contributed by atoms with Gasteiger partial charge in [-0.05, 0) is 35.9 Å². The summed E-state index contributed by atoms with van der Waals surface area (Å²) in [6.07, 6.45) is 0. The minimum Gasteiger partial charge on any atom is -0.126 e. The van der Waals surface area contributed by atoms with Crippen LogP contribution in [0.25, 0.3) is 11.1 Å². The van der Waals surface area contributed by atoms with Crippen LogP contribution in [0.4, 0.5) is 0 Å². The molecule has 0 atom stereocenters. The van der Waals surface area contributed by atoms with Gasteiger partial charge >= 0.3 is 0 Å². The summed E-state index contributed by atoms with van der Waals surface area (Å²) in [7, 11) is 0. The van der Waals surface area contributed by atoms with Gasteiger partial charge < -0.3 is 0 Å². The van der Waals surface area contributed by atoms with Crippen molar-refractivity contribution in [2.75, 3.05) is 5.75 Å². The molecule has 0 aliphatic carbocycles. The summed E-state index contributed by atoms with van der Waals surface area (Å²) < 4.78 is 0. The minimum absolute atomic E-state index is 1.12. The van der Waals surface area contributed by atoms with Gasteiger partial charge in [0.25, 0.3) is 0 Å². The first-order valence-electron chi connectivity index (χ1n) is 5.59. The first kappa shape index (κ1) is 11.3. The molecule has 0 unspecified atom stereocenters. The van der Waals surface area contributed by atoms with Gasteiger partial charge in [-0.25, -0.2) is 0 Å². The topological polar surface area (TPSA) is 0 Å². The van der Waals surface area contributed by atoms with Gasteiger partial charge in [0.05, 0.1) is 0 Å². The maximum Gasteiger partial charge on any atom is 0.00780 e. The van der Waals surface area contributed by atoms with Crippen LogP contribution in [-0.2, 0) is 0 Å². The molecule has 2 aromatic carbocycles. The fraction of sp³-hybridized carbons (Fsp3) is 0.200. The van der Waals surface area contributed by atoms with E-state index in [2.05, 4.69) is 62.4 Å². The molecule has 0 aliphatic heterocycles. The summed E-state index contributed by atoms with van der Waals surface area (Å²) in [5.74, 6) is 1.12. The Labute approximate surface area is 102 Å². The van der Waals surface area contributed by atoms with Crippen LogP contribution in [0.5, 0.6) is 0 Å². The number of hydrogen-bond acceptors (Lipinski definition) is 1. The van der Waals surface area contributed by atoms with E-state index in [4.69, 9.17) is 0 Å². The monoisotopic (exact) mass is 228 g/mol. The molecule has 0 spiro atoms. The van der Waals surface area contributed by atoms with Gasteiger partial charge in [-0.3, -0.25) is 0 Å². The van der Waals surface area contributed by atoms with Crippen molar-refractivity contribution in [2.45, 2.75) is 18.7 Å². The maximum absolute atomic E-state index is 2.26. The van der Waals surface area contributed by atoms with E-state index in [9.17, 15) is 0 Å². The van der Waals surface area contributed by atoms with E-state index in [0.717, 1.165) is 5.75 Å². The molecular formula is C15H16S. The van der Waals surface area contributed by atoms with Crippen molar-refractivity contribution in [3.8, 4) is 11.1 Å². The molecular weight excluding hydrogens is 212 g/mol.